The Balaban J connectivity index is 1.84. The molecular weight excluding hydrogens is 668 g/mol. The second-order valence-corrected chi connectivity index (χ2v) is 12.2. The third-order valence-electron chi connectivity index (χ3n) is 8.11. The number of hydrogen-bond donors (Lipinski definition) is 10. The molecular formula is C31H48N4O15. The van der Waals surface area contributed by atoms with Crippen LogP contribution < -0.4 is 21.7 Å². The first-order valence-corrected chi connectivity index (χ1v) is 16.0. The van der Waals surface area contributed by atoms with Crippen molar-refractivity contribution in [1.82, 2.24) is 16.0 Å². The summed E-state index contributed by atoms with van der Waals surface area (Å²) in [6, 6.07) is 3.56. The van der Waals surface area contributed by atoms with Gasteiger partial charge in [0.05, 0.1) is 25.4 Å². The lowest BCUT2D eigenvalue weighted by molar-refractivity contribution is -0.347. The summed E-state index contributed by atoms with van der Waals surface area (Å²) >= 11 is 0. The fraction of sp³-hybridized carbons (Fsp3) is 0.677. The predicted octanol–water partition coefficient (Wildman–Crippen LogP) is -4.76. The van der Waals surface area contributed by atoms with E-state index in [1.54, 1.807) is 30.3 Å². The van der Waals surface area contributed by atoms with Gasteiger partial charge in [-0.1, -0.05) is 30.3 Å². The molecule has 19 heteroatoms. The van der Waals surface area contributed by atoms with Crippen molar-refractivity contribution >= 4 is 23.7 Å². The van der Waals surface area contributed by atoms with Gasteiger partial charge in [-0.15, -0.1) is 0 Å². The molecule has 14 atom stereocenters. The van der Waals surface area contributed by atoms with Crippen LogP contribution >= 0.6 is 0 Å². The van der Waals surface area contributed by atoms with Crippen LogP contribution in [0.3, 0.4) is 0 Å². The average Bonchev–Trinajstić information content (AvgIpc) is 3.08. The summed E-state index contributed by atoms with van der Waals surface area (Å²) in [6.45, 7) is 3.55. The minimum absolute atomic E-state index is 0.0575. The maximum Gasteiger partial charge on any atom is 0.328 e. The minimum Gasteiger partial charge on any atom is -0.459 e. The molecule has 2 aliphatic rings. The van der Waals surface area contributed by atoms with Crippen LogP contribution in [0, 0.1) is 0 Å². The molecule has 2 heterocycles. The molecule has 50 heavy (non-hydrogen) atoms. The Hall–Kier alpha value is -3.34. The maximum absolute atomic E-state index is 13.5. The van der Waals surface area contributed by atoms with Crippen LogP contribution in [-0.4, -0.2) is 153 Å². The van der Waals surface area contributed by atoms with Crippen molar-refractivity contribution in [3.63, 3.8) is 0 Å². The van der Waals surface area contributed by atoms with Crippen molar-refractivity contribution in [2.24, 2.45) is 5.73 Å². The lowest BCUT2D eigenvalue weighted by Crippen LogP contribution is -2.69. The molecule has 2 aliphatic heterocycles. The molecule has 2 saturated heterocycles. The largest absolute Gasteiger partial charge is 0.459 e. The number of carbonyl (C=O) groups is 4. The van der Waals surface area contributed by atoms with Crippen molar-refractivity contribution in [2.45, 2.75) is 120 Å². The molecule has 0 unspecified atom stereocenters. The molecule has 282 valence electrons. The van der Waals surface area contributed by atoms with E-state index < -0.39 is 122 Å². The van der Waals surface area contributed by atoms with Crippen molar-refractivity contribution in [1.29, 1.82) is 0 Å². The van der Waals surface area contributed by atoms with Crippen LogP contribution in [0.1, 0.15) is 33.3 Å². The summed E-state index contributed by atoms with van der Waals surface area (Å²) in [4.78, 5) is 51.1. The number of rotatable bonds is 15. The van der Waals surface area contributed by atoms with Gasteiger partial charge in [0.25, 0.3) is 0 Å². The van der Waals surface area contributed by atoms with Gasteiger partial charge < -0.3 is 76.0 Å². The second kappa shape index (κ2) is 18.8. The van der Waals surface area contributed by atoms with Crippen LogP contribution in [0.5, 0.6) is 0 Å². The highest BCUT2D eigenvalue weighted by Crippen LogP contribution is 2.30. The Morgan fingerprint density at radius 1 is 0.840 bits per heavy atom. The third kappa shape index (κ3) is 10.6. The predicted molar refractivity (Wildman–Crippen MR) is 168 cm³/mol. The number of amides is 3. The minimum atomic E-state index is -1.89. The summed E-state index contributed by atoms with van der Waals surface area (Å²) < 4.78 is 28.2. The number of aliphatic hydroxyl groups is 6. The van der Waals surface area contributed by atoms with Crippen LogP contribution in [0.25, 0.3) is 0 Å². The van der Waals surface area contributed by atoms with Gasteiger partial charge in [0, 0.05) is 6.92 Å². The number of hydrogen-bond acceptors (Lipinski definition) is 16. The number of nitrogens with one attached hydrogen (secondary N) is 3. The highest BCUT2D eigenvalue weighted by atomic mass is 16.7. The molecule has 2 fully saturated rings. The number of aliphatic hydroxyl groups excluding tert-OH is 6. The van der Waals surface area contributed by atoms with Crippen molar-refractivity contribution in [3.8, 4) is 0 Å². The number of ether oxygens (including phenoxy) is 5. The molecule has 0 aromatic heterocycles. The third-order valence-corrected chi connectivity index (χ3v) is 8.11. The van der Waals surface area contributed by atoms with E-state index in [0.717, 1.165) is 6.92 Å². The smallest absolute Gasteiger partial charge is 0.328 e. The molecule has 11 N–H and O–H groups in total. The Labute approximate surface area is 288 Å². The van der Waals surface area contributed by atoms with Crippen LogP contribution in [0.4, 0.5) is 0 Å². The Morgan fingerprint density at radius 3 is 2.02 bits per heavy atom. The zero-order chi connectivity index (χ0) is 37.3. The molecule has 19 nitrogen and oxygen atoms in total. The summed E-state index contributed by atoms with van der Waals surface area (Å²) in [5.74, 6) is -3.12. The average molecular weight is 717 g/mol. The number of esters is 1. The molecule has 0 bridgehead atoms. The van der Waals surface area contributed by atoms with Gasteiger partial charge in [-0.3, -0.25) is 14.4 Å². The van der Waals surface area contributed by atoms with E-state index in [-0.39, 0.29) is 6.61 Å². The molecule has 0 spiro atoms. The van der Waals surface area contributed by atoms with E-state index in [0.29, 0.717) is 5.56 Å². The van der Waals surface area contributed by atoms with Crippen molar-refractivity contribution < 1.29 is 73.5 Å². The van der Waals surface area contributed by atoms with Gasteiger partial charge in [0.15, 0.2) is 12.6 Å². The first kappa shape index (κ1) is 41.1. The summed E-state index contributed by atoms with van der Waals surface area (Å²) in [5, 5.41) is 69.0. The van der Waals surface area contributed by atoms with Gasteiger partial charge in [-0.2, -0.15) is 0 Å². The summed E-state index contributed by atoms with van der Waals surface area (Å²) in [5.41, 5.74) is 6.43. The number of benzene rings is 1. The van der Waals surface area contributed by atoms with E-state index in [1.165, 1.54) is 20.8 Å². The first-order chi connectivity index (χ1) is 23.6. The van der Waals surface area contributed by atoms with Gasteiger partial charge in [-0.25, -0.2) is 4.79 Å². The quantitative estimate of drug-likeness (QED) is 0.0762. The zero-order valence-electron chi connectivity index (χ0n) is 28.0. The molecule has 3 amide bonds. The highest BCUT2D eigenvalue weighted by molar-refractivity contribution is 5.92. The Kier molecular flexibility index (Phi) is 15.4. The summed E-state index contributed by atoms with van der Waals surface area (Å²) in [6.07, 6.45) is -16.3. The fourth-order valence-electron chi connectivity index (χ4n) is 5.26. The molecule has 0 saturated carbocycles. The van der Waals surface area contributed by atoms with E-state index in [4.69, 9.17) is 29.4 Å². The number of carbonyl (C=O) groups excluding carboxylic acids is 4. The first-order valence-electron chi connectivity index (χ1n) is 16.0. The molecule has 1 aromatic rings. The topological polar surface area (TPSA) is 298 Å². The zero-order valence-corrected chi connectivity index (χ0v) is 28.0. The summed E-state index contributed by atoms with van der Waals surface area (Å²) in [7, 11) is 0. The molecule has 1 aromatic carbocycles. The van der Waals surface area contributed by atoms with Gasteiger partial charge in [-0.05, 0) is 26.3 Å². The van der Waals surface area contributed by atoms with Crippen LogP contribution in [-0.2, 0) is 49.5 Å². The van der Waals surface area contributed by atoms with Crippen molar-refractivity contribution in [2.75, 3.05) is 13.2 Å². The normalized spacial score (nSPS) is 32.1. The lowest BCUT2D eigenvalue weighted by Gasteiger charge is -2.48. The highest BCUT2D eigenvalue weighted by Gasteiger charge is 2.52. The van der Waals surface area contributed by atoms with Crippen molar-refractivity contribution in [3.05, 3.63) is 35.9 Å². The SMILES string of the molecule is CC(=O)N[C@H]1[C@@H](O[C@H](C)[C@H](NC(=O)[C@H](C)N)C(=O)N[C@@H](C)C(=O)OCc2ccccc2)O[C@H](CO)[C@H](O)[C@@H]1O[C@@H]1O[C@H](CO)[C@H](O)[C@H](O)[C@H]1O. The fourth-order valence-corrected chi connectivity index (χ4v) is 5.26. The lowest BCUT2D eigenvalue weighted by atomic mass is 9.95. The van der Waals surface area contributed by atoms with E-state index in [1.807, 2.05) is 0 Å². The molecule has 3 rings (SSSR count). The standard InChI is InChI=1S/C31H48N4O15/c1-13(32)27(43)35-20(28(44)33-14(2)29(45)46-12-17-8-6-5-7-9-17)15(3)47-30-21(34-16(4)38)26(23(40)19(11-37)48-30)50-31-25(42)24(41)22(39)18(10-36)49-31/h5-9,13-15,18-26,30-31,36-37,39-42H,10-12,32H2,1-4H3,(H,33,44)(H,34,38)(H,35,43)/t13-,14-,15+,18+,19+,20-,21+,22-,23-,24-,25+,26+,30-,31-/m0/s1. The van der Waals surface area contributed by atoms with Crippen LogP contribution in [0.15, 0.2) is 30.3 Å². The van der Waals surface area contributed by atoms with E-state index in [2.05, 4.69) is 16.0 Å². The Bertz CT molecular complexity index is 1270. The maximum atomic E-state index is 13.5. The van der Waals surface area contributed by atoms with Gasteiger partial charge in [0.1, 0.15) is 67.5 Å². The number of nitrogens with two attached hydrogens (primary N) is 1. The monoisotopic (exact) mass is 716 g/mol. The van der Waals surface area contributed by atoms with Crippen LogP contribution in [0.2, 0.25) is 0 Å². The second-order valence-electron chi connectivity index (χ2n) is 12.2. The molecule has 0 radical (unpaired) electrons. The Morgan fingerprint density at radius 2 is 1.44 bits per heavy atom. The van der Waals surface area contributed by atoms with E-state index in [9.17, 15) is 49.8 Å². The van der Waals surface area contributed by atoms with Gasteiger partial charge >= 0.3 is 5.97 Å². The van der Waals surface area contributed by atoms with Gasteiger partial charge in [0.2, 0.25) is 17.7 Å². The molecule has 0 aliphatic carbocycles. The van der Waals surface area contributed by atoms with E-state index >= 15 is 0 Å².